The van der Waals surface area contributed by atoms with Gasteiger partial charge in [0.25, 0.3) is 10.0 Å². The Labute approximate surface area is 172 Å². The van der Waals surface area contributed by atoms with E-state index in [1.807, 2.05) is 0 Å². The molecule has 0 saturated carbocycles. The van der Waals surface area contributed by atoms with Crippen LogP contribution in [0.3, 0.4) is 0 Å². The molecule has 0 spiro atoms. The molecule has 2 aliphatic rings. The summed E-state index contributed by atoms with van der Waals surface area (Å²) in [5, 5.41) is 6.00. The molecule has 0 aliphatic carbocycles. The summed E-state index contributed by atoms with van der Waals surface area (Å²) in [4.78, 5) is 12.5. The standard InChI is InChI=1S/C20H20F3N3O3S/c21-20(22,23)13-5-6-17-16(11-13)15-3-1-2-4-18(15)30(28,29)26(17)12-19(27)25-14-7-9-24-10-8-14/h1-6,11,14,24H,7-10,12H2,(H,25,27). The Bertz CT molecular complexity index is 1080. The summed E-state index contributed by atoms with van der Waals surface area (Å²) < 4.78 is 67.0. The SMILES string of the molecule is O=C(CN1c2ccc(C(F)(F)F)cc2-c2ccccc2S1(=O)=O)NC1CCNCC1. The van der Waals surface area contributed by atoms with Crippen molar-refractivity contribution in [2.45, 2.75) is 30.0 Å². The molecule has 2 aliphatic heterocycles. The van der Waals surface area contributed by atoms with Gasteiger partial charge in [-0.2, -0.15) is 13.2 Å². The predicted molar refractivity (Wildman–Crippen MR) is 105 cm³/mol. The number of hydrogen-bond donors (Lipinski definition) is 2. The number of alkyl halides is 3. The molecule has 0 radical (unpaired) electrons. The lowest BCUT2D eigenvalue weighted by Gasteiger charge is -2.33. The van der Waals surface area contributed by atoms with Crippen molar-refractivity contribution in [3.63, 3.8) is 0 Å². The van der Waals surface area contributed by atoms with Gasteiger partial charge in [-0.3, -0.25) is 9.10 Å². The number of carbonyl (C=O) groups is 1. The summed E-state index contributed by atoms with van der Waals surface area (Å²) in [6.45, 7) is 1.01. The third-order valence-corrected chi connectivity index (χ3v) is 7.15. The van der Waals surface area contributed by atoms with Crippen LogP contribution in [-0.4, -0.2) is 40.0 Å². The Kier molecular flexibility index (Phi) is 5.23. The zero-order chi connectivity index (χ0) is 21.5. The van der Waals surface area contributed by atoms with Crippen molar-refractivity contribution in [2.75, 3.05) is 23.9 Å². The maximum Gasteiger partial charge on any atom is 0.416 e. The Morgan fingerprint density at radius 2 is 1.80 bits per heavy atom. The number of hydrogen-bond acceptors (Lipinski definition) is 4. The fourth-order valence-corrected chi connectivity index (χ4v) is 5.50. The summed E-state index contributed by atoms with van der Waals surface area (Å²) in [6, 6.07) is 8.69. The fourth-order valence-electron chi connectivity index (χ4n) is 3.85. The molecule has 30 heavy (non-hydrogen) atoms. The van der Waals surface area contributed by atoms with Gasteiger partial charge in [0, 0.05) is 17.2 Å². The molecule has 10 heteroatoms. The van der Waals surface area contributed by atoms with Crippen LogP contribution in [0.1, 0.15) is 18.4 Å². The van der Waals surface area contributed by atoms with Gasteiger partial charge in [0.15, 0.2) is 0 Å². The van der Waals surface area contributed by atoms with Crippen LogP contribution in [0.5, 0.6) is 0 Å². The Balaban J connectivity index is 1.73. The number of benzene rings is 2. The first-order valence-corrected chi connectivity index (χ1v) is 11.0. The van der Waals surface area contributed by atoms with E-state index in [1.165, 1.54) is 18.2 Å². The zero-order valence-corrected chi connectivity index (χ0v) is 16.7. The number of piperidine rings is 1. The van der Waals surface area contributed by atoms with E-state index in [9.17, 15) is 26.4 Å². The summed E-state index contributed by atoms with van der Waals surface area (Å²) in [6.07, 6.45) is -3.11. The summed E-state index contributed by atoms with van der Waals surface area (Å²) in [5.41, 5.74) is -0.504. The number of anilines is 1. The van der Waals surface area contributed by atoms with Crippen LogP contribution in [0.2, 0.25) is 0 Å². The van der Waals surface area contributed by atoms with Crippen LogP contribution < -0.4 is 14.9 Å². The number of nitrogens with zero attached hydrogens (tertiary/aromatic N) is 1. The van der Waals surface area contributed by atoms with Gasteiger partial charge < -0.3 is 10.6 Å². The van der Waals surface area contributed by atoms with E-state index in [0.717, 1.165) is 48.4 Å². The van der Waals surface area contributed by atoms with Crippen LogP contribution in [-0.2, 0) is 21.0 Å². The average Bonchev–Trinajstić information content (AvgIpc) is 2.71. The molecule has 1 saturated heterocycles. The topological polar surface area (TPSA) is 78.5 Å². The van der Waals surface area contributed by atoms with Crippen LogP contribution in [0, 0.1) is 0 Å². The molecule has 1 fully saturated rings. The zero-order valence-electron chi connectivity index (χ0n) is 15.9. The maximum absolute atomic E-state index is 13.3. The van der Waals surface area contributed by atoms with Crippen molar-refractivity contribution in [1.29, 1.82) is 0 Å². The van der Waals surface area contributed by atoms with Crippen molar-refractivity contribution in [3.8, 4) is 11.1 Å². The molecule has 2 aromatic rings. The van der Waals surface area contributed by atoms with E-state index in [2.05, 4.69) is 10.6 Å². The summed E-state index contributed by atoms with van der Waals surface area (Å²) in [7, 11) is -4.10. The van der Waals surface area contributed by atoms with E-state index >= 15 is 0 Å². The van der Waals surface area contributed by atoms with Gasteiger partial charge in [0.05, 0.1) is 16.1 Å². The minimum absolute atomic E-state index is 0.0576. The second-order valence-electron chi connectivity index (χ2n) is 7.33. The molecule has 0 bridgehead atoms. The molecule has 4 rings (SSSR count). The number of fused-ring (bicyclic) bond motifs is 3. The first-order valence-electron chi connectivity index (χ1n) is 9.51. The minimum atomic E-state index is -4.57. The van der Waals surface area contributed by atoms with Gasteiger partial charge in [0.1, 0.15) is 6.54 Å². The van der Waals surface area contributed by atoms with Crippen LogP contribution >= 0.6 is 0 Å². The third-order valence-electron chi connectivity index (χ3n) is 5.33. The molecular formula is C20H20F3N3O3S. The summed E-state index contributed by atoms with van der Waals surface area (Å²) >= 11 is 0. The largest absolute Gasteiger partial charge is 0.416 e. The molecule has 2 heterocycles. The number of carbonyl (C=O) groups excluding carboxylic acids is 1. The predicted octanol–water partition coefficient (Wildman–Crippen LogP) is 2.75. The molecule has 1 amide bonds. The highest BCUT2D eigenvalue weighted by Gasteiger charge is 2.38. The lowest BCUT2D eigenvalue weighted by atomic mass is 10.00. The van der Waals surface area contributed by atoms with Crippen molar-refractivity contribution in [3.05, 3.63) is 48.0 Å². The molecule has 160 valence electrons. The fraction of sp³-hybridized carbons (Fsp3) is 0.350. The molecule has 0 atom stereocenters. The quantitative estimate of drug-likeness (QED) is 0.771. The van der Waals surface area contributed by atoms with E-state index in [1.54, 1.807) is 6.07 Å². The normalized spacial score (nSPS) is 18.4. The molecule has 0 aromatic heterocycles. The van der Waals surface area contributed by atoms with E-state index < -0.39 is 34.2 Å². The molecular weight excluding hydrogens is 419 g/mol. The second-order valence-corrected chi connectivity index (χ2v) is 9.16. The number of halogens is 3. The van der Waals surface area contributed by atoms with Crippen molar-refractivity contribution >= 4 is 21.6 Å². The molecule has 2 N–H and O–H groups in total. The summed E-state index contributed by atoms with van der Waals surface area (Å²) in [5.74, 6) is -0.490. The van der Waals surface area contributed by atoms with Gasteiger partial charge in [-0.25, -0.2) is 8.42 Å². The lowest BCUT2D eigenvalue weighted by molar-refractivity contribution is -0.137. The maximum atomic E-state index is 13.3. The molecule has 6 nitrogen and oxygen atoms in total. The lowest BCUT2D eigenvalue weighted by Crippen LogP contribution is -2.48. The van der Waals surface area contributed by atoms with Crippen LogP contribution in [0.15, 0.2) is 47.4 Å². The minimum Gasteiger partial charge on any atom is -0.352 e. The highest BCUT2D eigenvalue weighted by Crippen LogP contribution is 2.45. The number of amides is 1. The van der Waals surface area contributed by atoms with E-state index in [4.69, 9.17) is 0 Å². The Morgan fingerprint density at radius 1 is 1.10 bits per heavy atom. The third kappa shape index (κ3) is 3.77. The van der Waals surface area contributed by atoms with Crippen LogP contribution in [0.25, 0.3) is 11.1 Å². The van der Waals surface area contributed by atoms with Gasteiger partial charge in [-0.05, 0) is 50.2 Å². The van der Waals surface area contributed by atoms with Crippen molar-refractivity contribution in [2.24, 2.45) is 0 Å². The molecule has 2 aromatic carbocycles. The van der Waals surface area contributed by atoms with Crippen molar-refractivity contribution in [1.82, 2.24) is 10.6 Å². The monoisotopic (exact) mass is 439 g/mol. The Morgan fingerprint density at radius 3 is 2.50 bits per heavy atom. The Hall–Kier alpha value is -2.59. The van der Waals surface area contributed by atoms with Gasteiger partial charge in [-0.15, -0.1) is 0 Å². The van der Waals surface area contributed by atoms with E-state index in [0.29, 0.717) is 0 Å². The highest BCUT2D eigenvalue weighted by atomic mass is 32.2. The number of nitrogens with one attached hydrogen (secondary N) is 2. The molecule has 0 unspecified atom stereocenters. The average molecular weight is 439 g/mol. The van der Waals surface area contributed by atoms with Gasteiger partial charge in [-0.1, -0.05) is 18.2 Å². The van der Waals surface area contributed by atoms with Crippen molar-refractivity contribution < 1.29 is 26.4 Å². The first-order chi connectivity index (χ1) is 14.2. The van der Waals surface area contributed by atoms with Gasteiger partial charge in [0.2, 0.25) is 5.91 Å². The second kappa shape index (κ2) is 7.59. The van der Waals surface area contributed by atoms with E-state index in [-0.39, 0.29) is 27.8 Å². The number of sulfonamides is 1. The smallest absolute Gasteiger partial charge is 0.352 e. The highest BCUT2D eigenvalue weighted by molar-refractivity contribution is 7.93. The number of rotatable bonds is 3. The first kappa shape index (κ1) is 20.7. The van der Waals surface area contributed by atoms with Gasteiger partial charge >= 0.3 is 6.18 Å². The van der Waals surface area contributed by atoms with Crippen LogP contribution in [0.4, 0.5) is 18.9 Å².